The lowest BCUT2D eigenvalue weighted by atomic mass is 9.81. The molecule has 1 unspecified atom stereocenters. The van der Waals surface area contributed by atoms with E-state index >= 15 is 0 Å². The van der Waals surface area contributed by atoms with Crippen LogP contribution in [0.2, 0.25) is 0 Å². The number of nitrogens with one attached hydrogen (secondary N) is 1. The minimum atomic E-state index is 0.386. The van der Waals surface area contributed by atoms with E-state index in [1.54, 1.807) is 0 Å². The Balaban J connectivity index is 1.87. The van der Waals surface area contributed by atoms with Crippen molar-refractivity contribution in [1.29, 1.82) is 0 Å². The summed E-state index contributed by atoms with van der Waals surface area (Å²) < 4.78 is 0. The van der Waals surface area contributed by atoms with Gasteiger partial charge in [0.25, 0.3) is 0 Å². The van der Waals surface area contributed by atoms with E-state index < -0.39 is 0 Å². The van der Waals surface area contributed by atoms with Gasteiger partial charge < -0.3 is 5.32 Å². The lowest BCUT2D eigenvalue weighted by Gasteiger charge is -2.49. The van der Waals surface area contributed by atoms with Crippen molar-refractivity contribution in [2.24, 2.45) is 0 Å². The molecule has 2 nitrogen and oxygen atoms in total. The van der Waals surface area contributed by atoms with Gasteiger partial charge in [-0.15, -0.1) is 0 Å². The van der Waals surface area contributed by atoms with Crippen molar-refractivity contribution >= 4 is 11.3 Å². The molecular formula is C18H30N2S. The molecule has 0 amide bonds. The van der Waals surface area contributed by atoms with Crippen molar-refractivity contribution < 1.29 is 0 Å². The molecule has 21 heavy (non-hydrogen) atoms. The number of hydrogen-bond donors (Lipinski definition) is 1. The van der Waals surface area contributed by atoms with Crippen molar-refractivity contribution in [3.63, 3.8) is 0 Å². The van der Waals surface area contributed by atoms with Crippen LogP contribution >= 0.6 is 11.3 Å². The van der Waals surface area contributed by atoms with Gasteiger partial charge in [-0.3, -0.25) is 4.90 Å². The fourth-order valence-electron chi connectivity index (χ4n) is 4.46. The minimum Gasteiger partial charge on any atom is -0.308 e. The third-order valence-corrected chi connectivity index (χ3v) is 6.17. The molecule has 0 aromatic carbocycles. The molecule has 2 aliphatic rings. The van der Waals surface area contributed by atoms with Gasteiger partial charge in [0, 0.05) is 5.54 Å². The van der Waals surface area contributed by atoms with Gasteiger partial charge in [0.2, 0.25) is 0 Å². The van der Waals surface area contributed by atoms with E-state index in [1.807, 2.05) is 11.3 Å². The summed E-state index contributed by atoms with van der Waals surface area (Å²) in [5, 5.41) is 8.53. The second kappa shape index (κ2) is 7.26. The van der Waals surface area contributed by atoms with Crippen LogP contribution in [0.25, 0.3) is 0 Å². The van der Waals surface area contributed by atoms with Gasteiger partial charge in [-0.05, 0) is 74.1 Å². The van der Waals surface area contributed by atoms with Gasteiger partial charge in [-0.2, -0.15) is 11.3 Å². The van der Waals surface area contributed by atoms with Crippen molar-refractivity contribution in [2.45, 2.75) is 69.9 Å². The lowest BCUT2D eigenvalue weighted by molar-refractivity contribution is 0.0362. The highest BCUT2D eigenvalue weighted by molar-refractivity contribution is 7.08. The summed E-state index contributed by atoms with van der Waals surface area (Å²) in [5.74, 6) is 0. The Kier molecular flexibility index (Phi) is 5.36. The molecule has 0 bridgehead atoms. The second-order valence-corrected chi connectivity index (χ2v) is 7.58. The molecule has 1 aromatic heterocycles. The smallest absolute Gasteiger partial charge is 0.0515 e. The number of rotatable bonds is 6. The molecule has 1 aliphatic carbocycles. The first-order chi connectivity index (χ1) is 10.4. The average Bonchev–Trinajstić information content (AvgIpc) is 3.21. The van der Waals surface area contributed by atoms with E-state index in [1.165, 1.54) is 70.0 Å². The van der Waals surface area contributed by atoms with Crippen LogP contribution in [0, 0.1) is 0 Å². The number of hydrogen-bond acceptors (Lipinski definition) is 3. The van der Waals surface area contributed by atoms with E-state index in [0.717, 1.165) is 6.54 Å². The topological polar surface area (TPSA) is 15.3 Å². The highest BCUT2D eigenvalue weighted by atomic mass is 32.1. The van der Waals surface area contributed by atoms with Crippen LogP contribution in [0.5, 0.6) is 0 Å². The molecule has 1 N–H and O–H groups in total. The molecule has 2 heterocycles. The molecule has 0 spiro atoms. The van der Waals surface area contributed by atoms with Crippen molar-refractivity contribution in [3.05, 3.63) is 22.4 Å². The Bertz CT molecular complexity index is 403. The number of thiophene rings is 1. The molecule has 118 valence electrons. The molecule has 1 atom stereocenters. The predicted octanol–water partition coefficient (Wildman–Crippen LogP) is 4.59. The summed E-state index contributed by atoms with van der Waals surface area (Å²) in [6.45, 7) is 6.04. The zero-order chi connectivity index (χ0) is 14.5. The molecule has 3 heteroatoms. The minimum absolute atomic E-state index is 0.386. The van der Waals surface area contributed by atoms with E-state index in [9.17, 15) is 0 Å². The third-order valence-electron chi connectivity index (χ3n) is 5.47. The summed E-state index contributed by atoms with van der Waals surface area (Å²) >= 11 is 1.85. The average molecular weight is 307 g/mol. The van der Waals surface area contributed by atoms with Gasteiger partial charge in [0.15, 0.2) is 0 Å². The zero-order valence-corrected chi connectivity index (χ0v) is 14.3. The summed E-state index contributed by atoms with van der Waals surface area (Å²) in [7, 11) is 0. The van der Waals surface area contributed by atoms with E-state index in [2.05, 4.69) is 34.0 Å². The Morgan fingerprint density at radius 2 is 1.95 bits per heavy atom. The Morgan fingerprint density at radius 3 is 2.57 bits per heavy atom. The summed E-state index contributed by atoms with van der Waals surface area (Å²) in [4.78, 5) is 2.86. The van der Waals surface area contributed by atoms with Gasteiger partial charge >= 0.3 is 0 Å². The number of nitrogens with zero attached hydrogens (tertiary/aromatic N) is 1. The van der Waals surface area contributed by atoms with Crippen molar-refractivity contribution in [1.82, 2.24) is 10.2 Å². The lowest BCUT2D eigenvalue weighted by Crippen LogP contribution is -2.56. The predicted molar refractivity (Wildman–Crippen MR) is 92.0 cm³/mol. The Hall–Kier alpha value is -0.380. The first kappa shape index (κ1) is 15.5. The van der Waals surface area contributed by atoms with Crippen molar-refractivity contribution in [3.8, 4) is 0 Å². The van der Waals surface area contributed by atoms with Gasteiger partial charge in [0.1, 0.15) is 0 Å². The van der Waals surface area contributed by atoms with E-state index in [-0.39, 0.29) is 0 Å². The molecular weight excluding hydrogens is 276 g/mol. The first-order valence-corrected chi connectivity index (χ1v) is 9.81. The molecule has 1 saturated carbocycles. The van der Waals surface area contributed by atoms with Crippen molar-refractivity contribution in [2.75, 3.05) is 19.6 Å². The van der Waals surface area contributed by atoms with Crippen LogP contribution in [0.1, 0.15) is 69.9 Å². The molecule has 1 aliphatic heterocycles. The van der Waals surface area contributed by atoms with Crippen LogP contribution in [0.4, 0.5) is 0 Å². The molecule has 3 rings (SSSR count). The van der Waals surface area contributed by atoms with Gasteiger partial charge in [0.05, 0.1) is 6.04 Å². The fraction of sp³-hybridized carbons (Fsp3) is 0.778. The fourth-order valence-corrected chi connectivity index (χ4v) is 5.15. The largest absolute Gasteiger partial charge is 0.308 e. The normalized spacial score (nSPS) is 24.2. The number of likely N-dealkylation sites (tertiary alicyclic amines) is 1. The maximum Gasteiger partial charge on any atom is 0.0515 e. The van der Waals surface area contributed by atoms with Crippen LogP contribution in [0.3, 0.4) is 0 Å². The first-order valence-electron chi connectivity index (χ1n) is 8.87. The van der Waals surface area contributed by atoms with Crippen LogP contribution in [0.15, 0.2) is 16.8 Å². The summed E-state index contributed by atoms with van der Waals surface area (Å²) in [6.07, 6.45) is 11.0. The SMILES string of the molecule is CCCNC(c1ccsc1)C1(N2CCCCC2)CCCC1. The van der Waals surface area contributed by atoms with Crippen LogP contribution < -0.4 is 5.32 Å². The van der Waals surface area contributed by atoms with Gasteiger partial charge in [-0.25, -0.2) is 0 Å². The quantitative estimate of drug-likeness (QED) is 0.827. The van der Waals surface area contributed by atoms with E-state index in [4.69, 9.17) is 0 Å². The van der Waals surface area contributed by atoms with Gasteiger partial charge in [-0.1, -0.05) is 26.2 Å². The van der Waals surface area contributed by atoms with Crippen LogP contribution in [-0.2, 0) is 0 Å². The molecule has 1 aromatic rings. The monoisotopic (exact) mass is 306 g/mol. The molecule has 0 radical (unpaired) electrons. The molecule has 1 saturated heterocycles. The second-order valence-electron chi connectivity index (χ2n) is 6.80. The summed E-state index contributed by atoms with van der Waals surface area (Å²) in [6, 6.07) is 2.88. The molecule has 2 fully saturated rings. The third kappa shape index (κ3) is 3.20. The Labute approximate surface area is 133 Å². The summed E-state index contributed by atoms with van der Waals surface area (Å²) in [5.41, 5.74) is 1.91. The van der Waals surface area contributed by atoms with Crippen LogP contribution in [-0.4, -0.2) is 30.1 Å². The zero-order valence-electron chi connectivity index (χ0n) is 13.4. The van der Waals surface area contributed by atoms with E-state index in [0.29, 0.717) is 11.6 Å². The highest BCUT2D eigenvalue weighted by Crippen LogP contribution is 2.46. The standard InChI is InChI=1S/C18H30N2S/c1-2-11-19-17(16-8-14-21-15-16)18(9-4-5-10-18)20-12-6-3-7-13-20/h8,14-15,17,19H,2-7,9-13H2,1H3. The number of piperidine rings is 1. The highest BCUT2D eigenvalue weighted by Gasteiger charge is 2.46. The maximum atomic E-state index is 3.92. The maximum absolute atomic E-state index is 3.92. The Morgan fingerprint density at radius 1 is 1.19 bits per heavy atom.